The fraction of sp³-hybridized carbons (Fsp3) is 0.286. The molecule has 76 valence electrons. The lowest BCUT2D eigenvalue weighted by molar-refractivity contribution is 1.03. The quantitative estimate of drug-likeness (QED) is 0.458. The summed E-state index contributed by atoms with van der Waals surface area (Å²) in [5.41, 5.74) is 1.57. The Bertz CT molecular complexity index is 466. The molecule has 2 aliphatic rings. The third-order valence-electron chi connectivity index (χ3n) is 3.83. The van der Waals surface area contributed by atoms with Gasteiger partial charge in [-0.25, -0.2) is 0 Å². The van der Waals surface area contributed by atoms with E-state index >= 15 is 0 Å². The monoisotopic (exact) mass is 212 g/mol. The van der Waals surface area contributed by atoms with Crippen LogP contribution in [0.2, 0.25) is 13.1 Å². The molecule has 0 aromatic heterocycles. The summed E-state index contributed by atoms with van der Waals surface area (Å²) in [6.07, 6.45) is 8.31. The Balaban J connectivity index is 2.27. The SMILES string of the molecule is C[Si]1(C)C2=CCC=CC2c2ccccc21. The van der Waals surface area contributed by atoms with E-state index in [-0.39, 0.29) is 0 Å². The molecule has 0 saturated carbocycles. The average molecular weight is 212 g/mol. The van der Waals surface area contributed by atoms with Crippen molar-refractivity contribution in [3.63, 3.8) is 0 Å². The summed E-state index contributed by atoms with van der Waals surface area (Å²) >= 11 is 0. The molecule has 1 aromatic carbocycles. The zero-order chi connectivity index (χ0) is 10.5. The Morgan fingerprint density at radius 2 is 2.00 bits per heavy atom. The molecule has 1 heterocycles. The Kier molecular flexibility index (Phi) is 1.81. The Morgan fingerprint density at radius 1 is 1.20 bits per heavy atom. The third-order valence-corrected chi connectivity index (χ3v) is 7.59. The zero-order valence-corrected chi connectivity index (χ0v) is 10.3. The summed E-state index contributed by atoms with van der Waals surface area (Å²) in [4.78, 5) is 0. The molecule has 0 amide bonds. The minimum atomic E-state index is -1.31. The first-order chi connectivity index (χ1) is 7.21. The van der Waals surface area contributed by atoms with Crippen molar-refractivity contribution < 1.29 is 0 Å². The van der Waals surface area contributed by atoms with Gasteiger partial charge in [-0.1, -0.05) is 66.0 Å². The van der Waals surface area contributed by atoms with Gasteiger partial charge in [0.15, 0.2) is 0 Å². The molecule has 1 heteroatoms. The van der Waals surface area contributed by atoms with E-state index in [1.807, 2.05) is 0 Å². The predicted molar refractivity (Wildman–Crippen MR) is 68.1 cm³/mol. The minimum absolute atomic E-state index is 0.608. The van der Waals surface area contributed by atoms with Crippen LogP contribution in [-0.4, -0.2) is 8.07 Å². The van der Waals surface area contributed by atoms with E-state index in [4.69, 9.17) is 0 Å². The highest BCUT2D eigenvalue weighted by molar-refractivity contribution is 6.97. The molecule has 0 nitrogen and oxygen atoms in total. The van der Waals surface area contributed by atoms with Crippen LogP contribution in [0.3, 0.4) is 0 Å². The van der Waals surface area contributed by atoms with Crippen molar-refractivity contribution in [3.05, 3.63) is 53.3 Å². The second-order valence-corrected chi connectivity index (χ2v) is 9.38. The van der Waals surface area contributed by atoms with Gasteiger partial charge in [-0.15, -0.1) is 0 Å². The van der Waals surface area contributed by atoms with Crippen molar-refractivity contribution in [1.29, 1.82) is 0 Å². The molecule has 1 aliphatic heterocycles. The number of hydrogen-bond donors (Lipinski definition) is 0. The Hall–Kier alpha value is -1.08. The van der Waals surface area contributed by atoms with Crippen molar-refractivity contribution in [1.82, 2.24) is 0 Å². The van der Waals surface area contributed by atoms with E-state index in [2.05, 4.69) is 55.6 Å². The largest absolute Gasteiger partial charge is 0.108 e. The van der Waals surface area contributed by atoms with Crippen LogP contribution in [-0.2, 0) is 0 Å². The first kappa shape index (κ1) is 9.17. The van der Waals surface area contributed by atoms with Crippen LogP contribution < -0.4 is 5.19 Å². The van der Waals surface area contributed by atoms with Crippen molar-refractivity contribution >= 4 is 13.3 Å². The van der Waals surface area contributed by atoms with Gasteiger partial charge in [0.1, 0.15) is 8.07 Å². The second-order valence-electron chi connectivity index (χ2n) is 5.01. The molecule has 15 heavy (non-hydrogen) atoms. The lowest BCUT2D eigenvalue weighted by Gasteiger charge is -2.22. The summed E-state index contributed by atoms with van der Waals surface area (Å²) in [5, 5.41) is 3.37. The van der Waals surface area contributed by atoms with Crippen LogP contribution in [0.1, 0.15) is 17.9 Å². The molecule has 0 N–H and O–H groups in total. The van der Waals surface area contributed by atoms with Gasteiger partial charge in [0, 0.05) is 5.92 Å². The fourth-order valence-corrected chi connectivity index (χ4v) is 6.49. The maximum absolute atomic E-state index is 2.48. The van der Waals surface area contributed by atoms with Crippen molar-refractivity contribution in [2.45, 2.75) is 25.4 Å². The van der Waals surface area contributed by atoms with Crippen LogP contribution in [0.4, 0.5) is 0 Å². The number of fused-ring (bicyclic) bond motifs is 3. The van der Waals surface area contributed by atoms with Gasteiger partial charge >= 0.3 is 0 Å². The molecular weight excluding hydrogens is 196 g/mol. The fourth-order valence-electron chi connectivity index (χ4n) is 3.05. The van der Waals surface area contributed by atoms with E-state index in [9.17, 15) is 0 Å². The van der Waals surface area contributed by atoms with E-state index in [0.29, 0.717) is 5.92 Å². The first-order valence-electron chi connectivity index (χ1n) is 5.68. The van der Waals surface area contributed by atoms with Crippen LogP contribution >= 0.6 is 0 Å². The highest BCUT2D eigenvalue weighted by atomic mass is 28.3. The summed E-state index contributed by atoms with van der Waals surface area (Å²) in [6, 6.07) is 9.02. The van der Waals surface area contributed by atoms with Gasteiger partial charge in [-0.05, 0) is 12.0 Å². The minimum Gasteiger partial charge on any atom is -0.0841 e. The molecule has 1 aliphatic carbocycles. The summed E-state index contributed by atoms with van der Waals surface area (Å²) < 4.78 is 0. The van der Waals surface area contributed by atoms with Gasteiger partial charge in [-0.2, -0.15) is 0 Å². The average Bonchev–Trinajstić information content (AvgIpc) is 2.51. The van der Waals surface area contributed by atoms with E-state index < -0.39 is 8.07 Å². The number of allylic oxidation sites excluding steroid dienone is 4. The predicted octanol–water partition coefficient (Wildman–Crippen LogP) is 3.12. The van der Waals surface area contributed by atoms with Crippen LogP contribution in [0.15, 0.2) is 47.7 Å². The summed E-state index contributed by atoms with van der Waals surface area (Å²) in [7, 11) is -1.31. The molecular formula is C14H16Si. The summed E-state index contributed by atoms with van der Waals surface area (Å²) in [5.74, 6) is 0.608. The molecule has 0 fully saturated rings. The highest BCUT2D eigenvalue weighted by Crippen LogP contribution is 2.41. The van der Waals surface area contributed by atoms with E-state index in [1.165, 1.54) is 0 Å². The number of hydrogen-bond acceptors (Lipinski definition) is 0. The maximum Gasteiger partial charge on any atom is 0.108 e. The van der Waals surface area contributed by atoms with Gasteiger partial charge in [0.25, 0.3) is 0 Å². The molecule has 0 saturated heterocycles. The van der Waals surface area contributed by atoms with Crippen LogP contribution in [0.5, 0.6) is 0 Å². The van der Waals surface area contributed by atoms with Crippen molar-refractivity contribution in [3.8, 4) is 0 Å². The number of benzene rings is 1. The van der Waals surface area contributed by atoms with Gasteiger partial charge < -0.3 is 0 Å². The van der Waals surface area contributed by atoms with Crippen molar-refractivity contribution in [2.75, 3.05) is 0 Å². The molecule has 3 rings (SSSR count). The van der Waals surface area contributed by atoms with E-state index in [1.54, 1.807) is 15.9 Å². The lowest BCUT2D eigenvalue weighted by atomic mass is 9.95. The maximum atomic E-state index is 2.48. The number of rotatable bonds is 0. The molecule has 0 radical (unpaired) electrons. The summed E-state index contributed by atoms with van der Waals surface area (Å²) in [6.45, 7) is 4.97. The highest BCUT2D eigenvalue weighted by Gasteiger charge is 2.41. The Morgan fingerprint density at radius 3 is 2.87 bits per heavy atom. The molecule has 1 unspecified atom stereocenters. The van der Waals surface area contributed by atoms with Gasteiger partial charge in [0.05, 0.1) is 0 Å². The second kappa shape index (κ2) is 2.95. The first-order valence-corrected chi connectivity index (χ1v) is 8.68. The molecule has 1 atom stereocenters. The zero-order valence-electron chi connectivity index (χ0n) is 9.33. The van der Waals surface area contributed by atoms with Gasteiger partial charge in [-0.3, -0.25) is 0 Å². The third kappa shape index (κ3) is 1.13. The molecule has 0 spiro atoms. The van der Waals surface area contributed by atoms with Crippen molar-refractivity contribution in [2.24, 2.45) is 0 Å². The Labute approximate surface area is 92.3 Å². The lowest BCUT2D eigenvalue weighted by Crippen LogP contribution is -2.40. The normalized spacial score (nSPS) is 25.7. The van der Waals surface area contributed by atoms with Gasteiger partial charge in [0.2, 0.25) is 0 Å². The smallest absolute Gasteiger partial charge is 0.0841 e. The van der Waals surface area contributed by atoms with Crippen LogP contribution in [0.25, 0.3) is 0 Å². The standard InChI is InChI=1S/C14H16Si/c1-15(2)13-9-5-3-7-11(13)12-8-4-6-10-14(12)15/h3-5,7-10,12H,6H2,1-2H3. The molecule has 1 aromatic rings. The topological polar surface area (TPSA) is 0 Å². The molecule has 0 bridgehead atoms. The van der Waals surface area contributed by atoms with Crippen LogP contribution in [0, 0.1) is 0 Å². The van der Waals surface area contributed by atoms with E-state index in [0.717, 1.165) is 6.42 Å².